The Morgan fingerprint density at radius 1 is 1.19 bits per heavy atom. The van der Waals surface area contributed by atoms with Gasteiger partial charge in [0.25, 0.3) is 5.56 Å². The van der Waals surface area contributed by atoms with E-state index in [1.807, 2.05) is 12.1 Å². The van der Waals surface area contributed by atoms with Crippen LogP contribution in [0, 0.1) is 5.92 Å². The smallest absolute Gasteiger partial charge is 0.259 e. The van der Waals surface area contributed by atoms with Crippen LogP contribution in [0.5, 0.6) is 0 Å². The first-order valence-electron chi connectivity index (χ1n) is 10.9. The summed E-state index contributed by atoms with van der Waals surface area (Å²) in [7, 11) is 0. The molecule has 1 atom stereocenters. The fraction of sp³-hybridized carbons (Fsp3) is 0.375. The maximum Gasteiger partial charge on any atom is 0.259 e. The molecule has 5 rings (SSSR count). The molecule has 1 aliphatic carbocycles. The van der Waals surface area contributed by atoms with E-state index in [1.165, 1.54) is 18.9 Å². The highest BCUT2D eigenvalue weighted by Gasteiger charge is 2.26. The van der Waals surface area contributed by atoms with E-state index in [-0.39, 0.29) is 23.1 Å². The lowest BCUT2D eigenvalue weighted by molar-refractivity contribution is 0.112. The second kappa shape index (κ2) is 8.24. The van der Waals surface area contributed by atoms with E-state index < -0.39 is 0 Å². The minimum Gasteiger partial charge on any atom is -0.392 e. The highest BCUT2D eigenvalue weighted by atomic mass is 16.3. The van der Waals surface area contributed by atoms with Crippen molar-refractivity contribution in [3.63, 3.8) is 0 Å². The van der Waals surface area contributed by atoms with Gasteiger partial charge in [0.15, 0.2) is 6.29 Å². The molecule has 1 saturated carbocycles. The van der Waals surface area contributed by atoms with Gasteiger partial charge in [-0.25, -0.2) is 4.98 Å². The monoisotopic (exact) mass is 418 g/mol. The number of aromatic amines is 1. The molecule has 0 spiro atoms. The molecule has 0 radical (unpaired) electrons. The van der Waals surface area contributed by atoms with E-state index in [0.29, 0.717) is 29.2 Å². The van der Waals surface area contributed by atoms with Gasteiger partial charge in [0, 0.05) is 35.9 Å². The Morgan fingerprint density at radius 3 is 2.71 bits per heavy atom. The topological polar surface area (TPSA) is 98.3 Å². The van der Waals surface area contributed by atoms with Crippen molar-refractivity contribution in [1.82, 2.24) is 15.3 Å². The number of nitrogens with zero attached hydrogens (tertiary/aromatic N) is 2. The van der Waals surface area contributed by atoms with E-state index in [0.717, 1.165) is 43.2 Å². The number of carbonyl (C=O) groups excluding carboxylic acids is 1. The summed E-state index contributed by atoms with van der Waals surface area (Å²) in [6, 6.07) is 11.7. The Balaban J connectivity index is 1.38. The molecule has 2 heterocycles. The van der Waals surface area contributed by atoms with Gasteiger partial charge in [0.1, 0.15) is 5.82 Å². The van der Waals surface area contributed by atoms with Gasteiger partial charge in [-0.1, -0.05) is 0 Å². The molecule has 3 aromatic rings. The zero-order valence-electron chi connectivity index (χ0n) is 17.3. The number of anilines is 1. The molecule has 1 aliphatic heterocycles. The summed E-state index contributed by atoms with van der Waals surface area (Å²) in [5, 5.41) is 13.4. The van der Waals surface area contributed by atoms with E-state index >= 15 is 0 Å². The number of aliphatic hydroxyl groups is 1. The molecular formula is C24H26N4O3. The molecule has 31 heavy (non-hydrogen) atoms. The molecule has 7 heteroatoms. The number of fused-ring (bicyclic) bond motifs is 1. The lowest BCUT2D eigenvalue weighted by Gasteiger charge is -2.19. The number of H-pyrrole nitrogens is 1. The SMILES string of the molecule is O=Cc1cc(CO)cc2nc(-c3ccc(N4CCC(NCC5CC5)C4)cc3)[nH]c(=O)c12. The van der Waals surface area contributed by atoms with Gasteiger partial charge < -0.3 is 20.3 Å². The highest BCUT2D eigenvalue weighted by molar-refractivity contribution is 5.96. The van der Waals surface area contributed by atoms with Crippen molar-refractivity contribution in [2.45, 2.75) is 31.9 Å². The van der Waals surface area contributed by atoms with Crippen molar-refractivity contribution < 1.29 is 9.90 Å². The third-order valence-corrected chi connectivity index (χ3v) is 6.29. The van der Waals surface area contributed by atoms with Gasteiger partial charge in [0.2, 0.25) is 0 Å². The van der Waals surface area contributed by atoms with Gasteiger partial charge >= 0.3 is 0 Å². The molecule has 1 saturated heterocycles. The summed E-state index contributed by atoms with van der Waals surface area (Å²) >= 11 is 0. The molecular weight excluding hydrogens is 392 g/mol. The number of rotatable bonds is 7. The standard InChI is InChI=1S/C24H26N4O3/c29-13-16-9-18(14-30)22-21(10-16)26-23(27-24(22)31)17-3-5-20(6-4-17)28-8-7-19(12-28)25-11-15-1-2-15/h3-6,9-10,14-15,19,25,29H,1-2,7-8,11-13H2,(H,26,27,31). The number of hydrogen-bond donors (Lipinski definition) is 3. The Bertz CT molecular complexity index is 1170. The van der Waals surface area contributed by atoms with Crippen molar-refractivity contribution in [1.29, 1.82) is 0 Å². The van der Waals surface area contributed by atoms with Crippen molar-refractivity contribution in [3.05, 3.63) is 57.9 Å². The summed E-state index contributed by atoms with van der Waals surface area (Å²) in [5.41, 5.74) is 2.78. The van der Waals surface area contributed by atoms with Crippen LogP contribution in [0.3, 0.4) is 0 Å². The minimum atomic E-state index is -0.361. The predicted octanol–water partition coefficient (Wildman–Crippen LogP) is 2.47. The number of aliphatic hydroxyl groups excluding tert-OH is 1. The molecule has 0 amide bonds. The predicted molar refractivity (Wildman–Crippen MR) is 120 cm³/mol. The second-order valence-corrected chi connectivity index (χ2v) is 8.60. The van der Waals surface area contributed by atoms with Gasteiger partial charge in [-0.2, -0.15) is 0 Å². The third-order valence-electron chi connectivity index (χ3n) is 6.29. The van der Waals surface area contributed by atoms with Crippen LogP contribution in [0.1, 0.15) is 35.2 Å². The van der Waals surface area contributed by atoms with E-state index in [2.05, 4.69) is 32.3 Å². The Labute approximate surface area is 180 Å². The number of aldehydes is 1. The van der Waals surface area contributed by atoms with Crippen LogP contribution < -0.4 is 15.8 Å². The molecule has 7 nitrogen and oxygen atoms in total. The summed E-state index contributed by atoms with van der Waals surface area (Å²) in [5.74, 6) is 1.34. The molecule has 2 aromatic carbocycles. The van der Waals surface area contributed by atoms with Gasteiger partial charge in [-0.05, 0) is 73.7 Å². The summed E-state index contributed by atoms with van der Waals surface area (Å²) < 4.78 is 0. The fourth-order valence-electron chi connectivity index (χ4n) is 4.33. The first-order chi connectivity index (χ1) is 15.1. The van der Waals surface area contributed by atoms with Crippen LogP contribution in [0.25, 0.3) is 22.3 Å². The second-order valence-electron chi connectivity index (χ2n) is 8.60. The minimum absolute atomic E-state index is 0.221. The molecule has 2 fully saturated rings. The van der Waals surface area contributed by atoms with Gasteiger partial charge in [0.05, 0.1) is 17.5 Å². The van der Waals surface area contributed by atoms with Gasteiger partial charge in [-0.15, -0.1) is 0 Å². The zero-order valence-corrected chi connectivity index (χ0v) is 17.3. The number of aromatic nitrogens is 2. The summed E-state index contributed by atoms with van der Waals surface area (Å²) in [4.78, 5) is 33.8. The number of nitrogens with one attached hydrogen (secondary N) is 2. The molecule has 1 unspecified atom stereocenters. The van der Waals surface area contributed by atoms with Crippen LogP contribution in [0.15, 0.2) is 41.2 Å². The average molecular weight is 418 g/mol. The summed E-state index contributed by atoms with van der Waals surface area (Å²) in [6.07, 6.45) is 4.51. The van der Waals surface area contributed by atoms with E-state index in [1.54, 1.807) is 6.07 Å². The first-order valence-corrected chi connectivity index (χ1v) is 10.9. The van der Waals surface area contributed by atoms with Crippen molar-refractivity contribution in [2.24, 2.45) is 5.92 Å². The number of benzene rings is 2. The molecule has 160 valence electrons. The van der Waals surface area contributed by atoms with Crippen molar-refractivity contribution in [2.75, 3.05) is 24.5 Å². The highest BCUT2D eigenvalue weighted by Crippen LogP contribution is 2.29. The number of carbonyl (C=O) groups is 1. The average Bonchev–Trinajstić information content (AvgIpc) is 3.52. The fourth-order valence-corrected chi connectivity index (χ4v) is 4.33. The van der Waals surface area contributed by atoms with Gasteiger partial charge in [-0.3, -0.25) is 9.59 Å². The van der Waals surface area contributed by atoms with E-state index in [9.17, 15) is 14.7 Å². The van der Waals surface area contributed by atoms with Crippen LogP contribution in [0.4, 0.5) is 5.69 Å². The Morgan fingerprint density at radius 2 is 2.00 bits per heavy atom. The Kier molecular flexibility index (Phi) is 5.29. The molecule has 2 aliphatic rings. The normalized spacial score (nSPS) is 18.6. The van der Waals surface area contributed by atoms with Crippen LogP contribution >= 0.6 is 0 Å². The van der Waals surface area contributed by atoms with Crippen LogP contribution in [-0.4, -0.2) is 47.0 Å². The summed E-state index contributed by atoms with van der Waals surface area (Å²) in [6.45, 7) is 2.96. The first kappa shape index (κ1) is 19.9. The third kappa shape index (κ3) is 4.11. The zero-order chi connectivity index (χ0) is 21.4. The largest absolute Gasteiger partial charge is 0.392 e. The molecule has 0 bridgehead atoms. The number of hydrogen-bond acceptors (Lipinski definition) is 6. The maximum absolute atomic E-state index is 12.6. The molecule has 1 aromatic heterocycles. The lowest BCUT2D eigenvalue weighted by atomic mass is 10.1. The van der Waals surface area contributed by atoms with E-state index in [4.69, 9.17) is 0 Å². The van der Waals surface area contributed by atoms with Crippen LogP contribution in [0.2, 0.25) is 0 Å². The Hall–Kier alpha value is -3.03. The van der Waals surface area contributed by atoms with Crippen molar-refractivity contribution in [3.8, 4) is 11.4 Å². The maximum atomic E-state index is 12.6. The van der Waals surface area contributed by atoms with Crippen LogP contribution in [-0.2, 0) is 6.61 Å². The lowest BCUT2D eigenvalue weighted by Crippen LogP contribution is -2.33. The van der Waals surface area contributed by atoms with Crippen molar-refractivity contribution >= 4 is 22.9 Å². The quantitative estimate of drug-likeness (QED) is 0.510. The molecule has 3 N–H and O–H groups in total.